The number of carbonyl (C=O) groups is 2. The molecule has 6 heteroatoms. The van der Waals surface area contributed by atoms with Crippen LogP contribution in [0.5, 0.6) is 0 Å². The Labute approximate surface area is 136 Å². The predicted molar refractivity (Wildman–Crippen MR) is 81.5 cm³/mol. The molecule has 124 valence electrons. The molecule has 2 unspecified atom stereocenters. The maximum Gasteiger partial charge on any atom is 0.312 e. The van der Waals surface area contributed by atoms with Crippen LogP contribution in [0.25, 0.3) is 0 Å². The zero-order chi connectivity index (χ0) is 15.8. The highest BCUT2D eigenvalue weighted by atomic mass is 35.5. The van der Waals surface area contributed by atoms with Gasteiger partial charge in [0.2, 0.25) is 0 Å². The van der Waals surface area contributed by atoms with Gasteiger partial charge in [-0.05, 0) is 50.4 Å². The summed E-state index contributed by atoms with van der Waals surface area (Å²) >= 11 is 6.71. The highest BCUT2D eigenvalue weighted by molar-refractivity contribution is 6.24. The van der Waals surface area contributed by atoms with Crippen LogP contribution in [0.4, 0.5) is 0 Å². The minimum absolute atomic E-state index is 0.213. The molecular formula is C16H24ClNO4. The highest BCUT2D eigenvalue weighted by Gasteiger charge is 2.60. The van der Waals surface area contributed by atoms with Crippen LogP contribution < -0.4 is 5.32 Å². The molecule has 1 N–H and O–H groups in total. The van der Waals surface area contributed by atoms with Crippen molar-refractivity contribution in [2.75, 3.05) is 26.9 Å². The lowest BCUT2D eigenvalue weighted by Crippen LogP contribution is -2.56. The van der Waals surface area contributed by atoms with Crippen molar-refractivity contribution in [3.63, 3.8) is 0 Å². The largest absolute Gasteiger partial charge is 0.455 e. The molecule has 4 bridgehead atoms. The number of esters is 1. The number of amides is 1. The monoisotopic (exact) mass is 329 g/mol. The number of ether oxygens (including phenoxy) is 2. The average Bonchev–Trinajstić information content (AvgIpc) is 2.42. The van der Waals surface area contributed by atoms with Crippen LogP contribution in [-0.4, -0.2) is 43.6 Å². The van der Waals surface area contributed by atoms with E-state index >= 15 is 0 Å². The Morgan fingerprint density at radius 2 is 1.91 bits per heavy atom. The van der Waals surface area contributed by atoms with Gasteiger partial charge in [0.05, 0.1) is 12.0 Å². The Hall–Kier alpha value is -0.810. The summed E-state index contributed by atoms with van der Waals surface area (Å²) < 4.78 is 10.2. The van der Waals surface area contributed by atoms with Gasteiger partial charge in [0.1, 0.15) is 0 Å². The highest BCUT2D eigenvalue weighted by Crippen LogP contribution is 2.64. The number of methoxy groups -OCH3 is 1. The summed E-state index contributed by atoms with van der Waals surface area (Å²) in [7, 11) is 1.57. The van der Waals surface area contributed by atoms with Crippen LogP contribution in [0.2, 0.25) is 0 Å². The van der Waals surface area contributed by atoms with E-state index < -0.39 is 5.41 Å². The summed E-state index contributed by atoms with van der Waals surface area (Å²) in [5.41, 5.74) is -0.446. The zero-order valence-electron chi connectivity index (χ0n) is 13.0. The molecule has 4 rings (SSSR count). The van der Waals surface area contributed by atoms with E-state index in [1.54, 1.807) is 7.11 Å². The third kappa shape index (κ3) is 3.11. The van der Waals surface area contributed by atoms with Gasteiger partial charge >= 0.3 is 5.97 Å². The number of carbonyl (C=O) groups excluding carboxylic acids is 2. The quantitative estimate of drug-likeness (QED) is 0.459. The third-order valence-electron chi connectivity index (χ3n) is 5.39. The Bertz CT molecular complexity index is 453. The maximum absolute atomic E-state index is 12.6. The number of halogens is 1. The standard InChI is InChI=1S/C16H24ClNO4/c1-21-3-2-18-13(19)9-22-14(20)15-5-11-4-12(6-15)8-16(17,7-11)10-15/h11-12H,2-10H2,1H3,(H,18,19)/t11-,12+,15?,16?. The van der Waals surface area contributed by atoms with E-state index in [0.717, 1.165) is 25.7 Å². The fourth-order valence-electron chi connectivity index (χ4n) is 5.02. The number of hydrogen-bond donors (Lipinski definition) is 1. The molecule has 4 atom stereocenters. The number of rotatable bonds is 6. The second kappa shape index (κ2) is 6.00. The lowest BCUT2D eigenvalue weighted by molar-refractivity contribution is -0.171. The average molecular weight is 330 g/mol. The maximum atomic E-state index is 12.6. The second-order valence-electron chi connectivity index (χ2n) is 7.31. The second-order valence-corrected chi connectivity index (χ2v) is 8.11. The van der Waals surface area contributed by atoms with Gasteiger partial charge in [0, 0.05) is 18.5 Å². The van der Waals surface area contributed by atoms with Crippen molar-refractivity contribution in [2.24, 2.45) is 17.3 Å². The van der Waals surface area contributed by atoms with Gasteiger partial charge in [-0.2, -0.15) is 0 Å². The summed E-state index contributed by atoms with van der Waals surface area (Å²) in [5.74, 6) is 0.577. The fraction of sp³-hybridized carbons (Fsp3) is 0.875. The Morgan fingerprint density at radius 1 is 1.23 bits per heavy atom. The summed E-state index contributed by atoms with van der Waals surface area (Å²) in [6.07, 6.45) is 5.71. The normalized spacial score (nSPS) is 38.8. The van der Waals surface area contributed by atoms with E-state index in [4.69, 9.17) is 21.1 Å². The van der Waals surface area contributed by atoms with Gasteiger partial charge in [0.25, 0.3) is 5.91 Å². The molecule has 0 heterocycles. The molecule has 4 fully saturated rings. The lowest BCUT2D eigenvalue weighted by Gasteiger charge is -2.58. The molecule has 0 spiro atoms. The molecule has 0 saturated heterocycles. The van der Waals surface area contributed by atoms with Crippen LogP contribution >= 0.6 is 11.6 Å². The molecule has 4 aliphatic rings. The topological polar surface area (TPSA) is 64.6 Å². The van der Waals surface area contributed by atoms with E-state index in [1.807, 2.05) is 0 Å². The van der Waals surface area contributed by atoms with Crippen molar-refractivity contribution in [1.29, 1.82) is 0 Å². The van der Waals surface area contributed by atoms with Gasteiger partial charge < -0.3 is 14.8 Å². The Kier molecular flexibility index (Phi) is 4.38. The third-order valence-corrected chi connectivity index (χ3v) is 5.83. The van der Waals surface area contributed by atoms with Gasteiger partial charge in [-0.3, -0.25) is 9.59 Å². The van der Waals surface area contributed by atoms with E-state index in [2.05, 4.69) is 5.32 Å². The first kappa shape index (κ1) is 16.1. The predicted octanol–water partition coefficient (Wildman–Crippen LogP) is 1.87. The van der Waals surface area contributed by atoms with Gasteiger partial charge in [-0.15, -0.1) is 11.6 Å². The molecule has 0 aliphatic heterocycles. The SMILES string of the molecule is COCCNC(=O)COC(=O)C12C[C@@H]3C[C@@H](CC(Cl)(C3)C1)C2. The van der Waals surface area contributed by atoms with E-state index in [1.165, 1.54) is 6.42 Å². The van der Waals surface area contributed by atoms with Crippen molar-refractivity contribution in [3.8, 4) is 0 Å². The van der Waals surface area contributed by atoms with Crippen molar-refractivity contribution in [3.05, 3.63) is 0 Å². The van der Waals surface area contributed by atoms with Gasteiger partial charge in [0.15, 0.2) is 6.61 Å². The lowest BCUT2D eigenvalue weighted by atomic mass is 9.49. The van der Waals surface area contributed by atoms with Crippen LogP contribution in [0.15, 0.2) is 0 Å². The van der Waals surface area contributed by atoms with Crippen LogP contribution in [0, 0.1) is 17.3 Å². The van der Waals surface area contributed by atoms with E-state index in [-0.39, 0.29) is 23.4 Å². The van der Waals surface area contributed by atoms with Gasteiger partial charge in [-0.1, -0.05) is 0 Å². The Balaban J connectivity index is 1.55. The molecular weight excluding hydrogens is 306 g/mol. The summed E-state index contributed by atoms with van der Waals surface area (Å²) in [5, 5.41) is 2.65. The van der Waals surface area contributed by atoms with Crippen LogP contribution in [-0.2, 0) is 19.1 Å². The summed E-state index contributed by atoms with van der Waals surface area (Å²) in [6.45, 7) is 0.656. The molecule has 22 heavy (non-hydrogen) atoms. The summed E-state index contributed by atoms with van der Waals surface area (Å²) in [4.78, 5) is 24.0. The molecule has 4 saturated carbocycles. The number of alkyl halides is 1. The van der Waals surface area contributed by atoms with Crippen molar-refractivity contribution >= 4 is 23.5 Å². The molecule has 0 aromatic rings. The number of nitrogens with one attached hydrogen (secondary N) is 1. The summed E-state index contributed by atoms with van der Waals surface area (Å²) in [6, 6.07) is 0. The molecule has 5 nitrogen and oxygen atoms in total. The smallest absolute Gasteiger partial charge is 0.312 e. The van der Waals surface area contributed by atoms with E-state index in [9.17, 15) is 9.59 Å². The van der Waals surface area contributed by atoms with Crippen LogP contribution in [0.1, 0.15) is 38.5 Å². The first-order valence-electron chi connectivity index (χ1n) is 8.06. The number of hydrogen-bond acceptors (Lipinski definition) is 4. The fourth-order valence-corrected chi connectivity index (χ4v) is 5.71. The zero-order valence-corrected chi connectivity index (χ0v) is 13.8. The first-order valence-corrected chi connectivity index (χ1v) is 8.44. The van der Waals surface area contributed by atoms with Crippen molar-refractivity contribution in [2.45, 2.75) is 43.4 Å². The van der Waals surface area contributed by atoms with Crippen molar-refractivity contribution < 1.29 is 19.1 Å². The molecule has 4 aliphatic carbocycles. The molecule has 1 amide bonds. The minimum atomic E-state index is -0.446. The van der Waals surface area contributed by atoms with Crippen LogP contribution in [0.3, 0.4) is 0 Å². The molecule has 0 aromatic carbocycles. The molecule has 0 aromatic heterocycles. The van der Waals surface area contributed by atoms with Crippen molar-refractivity contribution in [1.82, 2.24) is 5.32 Å². The first-order chi connectivity index (χ1) is 10.4. The minimum Gasteiger partial charge on any atom is -0.455 e. The molecule has 0 radical (unpaired) electrons. The van der Waals surface area contributed by atoms with Gasteiger partial charge in [-0.25, -0.2) is 0 Å². The van der Waals surface area contributed by atoms with E-state index in [0.29, 0.717) is 31.4 Å². The Morgan fingerprint density at radius 3 is 2.50 bits per heavy atom.